The van der Waals surface area contributed by atoms with Crippen LogP contribution in [0.15, 0.2) is 53.3 Å². The molecule has 0 unspecified atom stereocenters. The van der Waals surface area contributed by atoms with Gasteiger partial charge in [-0.25, -0.2) is 0 Å². The number of hydrogen-bond acceptors (Lipinski definition) is 5. The van der Waals surface area contributed by atoms with E-state index in [1.807, 2.05) is 37.5 Å². The maximum Gasteiger partial charge on any atom is 0.118 e. The summed E-state index contributed by atoms with van der Waals surface area (Å²) in [6.07, 6.45) is 5.51. The van der Waals surface area contributed by atoms with E-state index in [1.165, 1.54) is 5.69 Å². The minimum atomic E-state index is 0.379. The van der Waals surface area contributed by atoms with E-state index >= 15 is 0 Å². The summed E-state index contributed by atoms with van der Waals surface area (Å²) in [6.45, 7) is 6.78. The van der Waals surface area contributed by atoms with Gasteiger partial charge in [0.25, 0.3) is 0 Å². The Morgan fingerprint density at radius 1 is 1.19 bits per heavy atom. The van der Waals surface area contributed by atoms with Crippen molar-refractivity contribution in [2.24, 2.45) is 5.92 Å². The Hall–Kier alpha value is -2.44. The lowest BCUT2D eigenvalue weighted by Gasteiger charge is -2.23. The van der Waals surface area contributed by atoms with Crippen LogP contribution in [0.1, 0.15) is 22.8 Å². The number of aryl methyl sites for hydroxylation is 1. The number of ether oxygens (including phenoxy) is 1. The van der Waals surface area contributed by atoms with Gasteiger partial charge in [0.15, 0.2) is 0 Å². The molecule has 0 N–H and O–H groups in total. The molecule has 0 aliphatic carbocycles. The van der Waals surface area contributed by atoms with Crippen LogP contribution in [0.2, 0.25) is 0 Å². The van der Waals surface area contributed by atoms with E-state index < -0.39 is 0 Å². The molecule has 0 aromatic carbocycles. The van der Waals surface area contributed by atoms with E-state index in [1.54, 1.807) is 6.20 Å². The van der Waals surface area contributed by atoms with E-state index in [0.717, 1.165) is 43.3 Å². The molecule has 0 spiro atoms. The number of aromatic nitrogens is 3. The van der Waals surface area contributed by atoms with Crippen molar-refractivity contribution in [2.75, 3.05) is 13.2 Å². The fourth-order valence-electron chi connectivity index (χ4n) is 3.46. The molecule has 1 atom stereocenters. The molecule has 0 bridgehead atoms. The maximum absolute atomic E-state index is 5.98. The Kier molecular flexibility index (Phi) is 5.13. The summed E-state index contributed by atoms with van der Waals surface area (Å²) in [7, 11) is 0. The zero-order valence-corrected chi connectivity index (χ0v) is 15.0. The highest BCUT2D eigenvalue weighted by Crippen LogP contribution is 2.19. The van der Waals surface area contributed by atoms with E-state index in [0.29, 0.717) is 19.1 Å². The van der Waals surface area contributed by atoms with E-state index in [-0.39, 0.29) is 0 Å². The highest BCUT2D eigenvalue weighted by Gasteiger charge is 2.23. The first-order valence-electron chi connectivity index (χ1n) is 9.01. The molecule has 6 heteroatoms. The lowest BCUT2D eigenvalue weighted by molar-refractivity contribution is 0.0644. The zero-order chi connectivity index (χ0) is 17.8. The Labute approximate surface area is 153 Å². The smallest absolute Gasteiger partial charge is 0.118 e. The molecule has 4 heterocycles. The summed E-state index contributed by atoms with van der Waals surface area (Å²) in [5.41, 5.74) is 2.34. The van der Waals surface area contributed by atoms with Gasteiger partial charge in [-0.1, -0.05) is 6.07 Å². The second-order valence-electron chi connectivity index (χ2n) is 6.93. The normalized spacial score (nSPS) is 17.8. The van der Waals surface area contributed by atoms with Crippen molar-refractivity contribution in [3.63, 3.8) is 0 Å². The number of hydrogen-bond donors (Lipinski definition) is 0. The molecule has 136 valence electrons. The fraction of sp³-hybridized carbons (Fsp3) is 0.400. The van der Waals surface area contributed by atoms with Crippen molar-refractivity contribution < 1.29 is 9.15 Å². The molecule has 1 aliphatic heterocycles. The molecule has 26 heavy (non-hydrogen) atoms. The molecule has 0 fully saturated rings. The summed E-state index contributed by atoms with van der Waals surface area (Å²) in [4.78, 5) is 6.55. The summed E-state index contributed by atoms with van der Waals surface area (Å²) >= 11 is 0. The number of fused-ring (bicyclic) bond motifs is 1. The van der Waals surface area contributed by atoms with Crippen LogP contribution in [-0.2, 0) is 31.0 Å². The predicted octanol–water partition coefficient (Wildman–Crippen LogP) is 3.03. The molecule has 6 nitrogen and oxygen atoms in total. The van der Waals surface area contributed by atoms with Crippen molar-refractivity contribution in [2.45, 2.75) is 33.2 Å². The van der Waals surface area contributed by atoms with Gasteiger partial charge in [-0.3, -0.25) is 14.6 Å². The zero-order valence-electron chi connectivity index (χ0n) is 15.0. The van der Waals surface area contributed by atoms with E-state index in [4.69, 9.17) is 9.15 Å². The van der Waals surface area contributed by atoms with Gasteiger partial charge in [0.1, 0.15) is 11.5 Å². The average molecular weight is 352 g/mol. The fourth-order valence-corrected chi connectivity index (χ4v) is 3.46. The van der Waals surface area contributed by atoms with Gasteiger partial charge in [-0.05, 0) is 36.8 Å². The molecule has 0 saturated heterocycles. The van der Waals surface area contributed by atoms with Crippen molar-refractivity contribution in [3.8, 4) is 0 Å². The number of nitrogens with zero attached hydrogens (tertiary/aromatic N) is 4. The third-order valence-corrected chi connectivity index (χ3v) is 4.66. The van der Waals surface area contributed by atoms with Crippen LogP contribution < -0.4 is 0 Å². The number of furan rings is 1. The number of rotatable bonds is 6. The van der Waals surface area contributed by atoms with Crippen LogP contribution in [0.3, 0.4) is 0 Å². The highest BCUT2D eigenvalue weighted by molar-refractivity contribution is 5.08. The first-order chi connectivity index (χ1) is 12.8. The quantitative estimate of drug-likeness (QED) is 0.682. The second-order valence-corrected chi connectivity index (χ2v) is 6.93. The first kappa shape index (κ1) is 17.0. The second kappa shape index (κ2) is 7.85. The standard InChI is InChI=1S/C20H24N4O2/c1-16-4-5-20(26-16)13-23-10-18(11-24-19(12-23)6-8-22-24)15-25-14-17-3-2-7-21-9-17/h2-9,18H,10-15H2,1H3/t18-/m0/s1. The Balaban J connectivity index is 1.40. The minimum absolute atomic E-state index is 0.379. The third-order valence-electron chi connectivity index (χ3n) is 4.66. The molecule has 0 amide bonds. The number of pyridine rings is 1. The van der Waals surface area contributed by atoms with Gasteiger partial charge in [-0.15, -0.1) is 0 Å². The Morgan fingerprint density at radius 3 is 2.96 bits per heavy atom. The molecule has 4 rings (SSSR count). The van der Waals surface area contributed by atoms with E-state index in [9.17, 15) is 0 Å². The van der Waals surface area contributed by atoms with Crippen molar-refractivity contribution in [3.05, 3.63) is 71.7 Å². The third kappa shape index (κ3) is 4.20. The largest absolute Gasteiger partial charge is 0.465 e. The van der Waals surface area contributed by atoms with Crippen LogP contribution in [0.5, 0.6) is 0 Å². The van der Waals surface area contributed by atoms with Gasteiger partial charge in [-0.2, -0.15) is 5.10 Å². The molecular weight excluding hydrogens is 328 g/mol. The monoisotopic (exact) mass is 352 g/mol. The summed E-state index contributed by atoms with van der Waals surface area (Å²) in [6, 6.07) is 10.2. The van der Waals surface area contributed by atoms with Gasteiger partial charge >= 0.3 is 0 Å². The average Bonchev–Trinajstić information content (AvgIpc) is 3.21. The Morgan fingerprint density at radius 2 is 2.15 bits per heavy atom. The van der Waals surface area contributed by atoms with E-state index in [2.05, 4.69) is 31.8 Å². The van der Waals surface area contributed by atoms with Gasteiger partial charge in [0, 0.05) is 44.1 Å². The molecular formula is C20H24N4O2. The van der Waals surface area contributed by atoms with Crippen LogP contribution in [0.4, 0.5) is 0 Å². The topological polar surface area (TPSA) is 56.3 Å². The SMILES string of the molecule is Cc1ccc(CN2Cc3ccnn3C[C@@H](COCc3cccnc3)C2)o1. The van der Waals surface area contributed by atoms with Crippen molar-refractivity contribution >= 4 is 0 Å². The molecule has 1 aliphatic rings. The van der Waals surface area contributed by atoms with Gasteiger partial charge in [0.05, 0.1) is 25.5 Å². The molecule has 3 aromatic rings. The maximum atomic E-state index is 5.98. The van der Waals surface area contributed by atoms with Gasteiger partial charge < -0.3 is 9.15 Å². The summed E-state index contributed by atoms with van der Waals surface area (Å²) in [5.74, 6) is 2.34. The van der Waals surface area contributed by atoms with Crippen LogP contribution in [0.25, 0.3) is 0 Å². The highest BCUT2D eigenvalue weighted by atomic mass is 16.5. The van der Waals surface area contributed by atoms with Crippen LogP contribution in [0, 0.1) is 12.8 Å². The molecule has 3 aromatic heterocycles. The van der Waals surface area contributed by atoms with Crippen LogP contribution >= 0.6 is 0 Å². The van der Waals surface area contributed by atoms with Crippen molar-refractivity contribution in [1.29, 1.82) is 0 Å². The minimum Gasteiger partial charge on any atom is -0.465 e. The predicted molar refractivity (Wildman–Crippen MR) is 97.2 cm³/mol. The lowest BCUT2D eigenvalue weighted by atomic mass is 10.1. The molecule has 0 radical (unpaired) electrons. The lowest BCUT2D eigenvalue weighted by Crippen LogP contribution is -2.30. The summed E-state index contributed by atoms with van der Waals surface area (Å²) < 4.78 is 13.8. The van der Waals surface area contributed by atoms with Crippen LogP contribution in [-0.4, -0.2) is 32.8 Å². The van der Waals surface area contributed by atoms with Gasteiger partial charge in [0.2, 0.25) is 0 Å². The summed E-state index contributed by atoms with van der Waals surface area (Å²) in [5, 5.41) is 4.48. The Bertz CT molecular complexity index is 827. The molecule has 0 saturated carbocycles. The van der Waals surface area contributed by atoms with Crippen molar-refractivity contribution in [1.82, 2.24) is 19.7 Å². The first-order valence-corrected chi connectivity index (χ1v) is 9.01.